The van der Waals surface area contributed by atoms with Gasteiger partial charge in [-0.15, -0.1) is 0 Å². The quantitative estimate of drug-likeness (QED) is 0.386. The number of aromatic nitrogens is 4. The number of imidazole rings is 1. The Balaban J connectivity index is 1.64. The molecule has 7 nitrogen and oxygen atoms in total. The first-order chi connectivity index (χ1) is 14.6. The van der Waals surface area contributed by atoms with Gasteiger partial charge in [0.15, 0.2) is 16.9 Å². The number of benzene rings is 1. The van der Waals surface area contributed by atoms with Crippen LogP contribution in [0.2, 0.25) is 0 Å². The van der Waals surface area contributed by atoms with Gasteiger partial charge in [-0.05, 0) is 6.42 Å². The van der Waals surface area contributed by atoms with Crippen molar-refractivity contribution in [3.63, 3.8) is 0 Å². The molecular weight excluding hydrogens is 380 g/mol. The van der Waals surface area contributed by atoms with Crippen LogP contribution in [0.3, 0.4) is 0 Å². The molecule has 0 aliphatic heterocycles. The Morgan fingerprint density at radius 3 is 2.40 bits per heavy atom. The van der Waals surface area contributed by atoms with Crippen LogP contribution >= 0.6 is 0 Å². The van der Waals surface area contributed by atoms with Gasteiger partial charge < -0.3 is 4.42 Å². The molecule has 158 valence electrons. The maximum absolute atomic E-state index is 13.2. The van der Waals surface area contributed by atoms with Gasteiger partial charge in [-0.1, -0.05) is 75.8 Å². The van der Waals surface area contributed by atoms with Crippen LogP contribution < -0.4 is 11.2 Å². The SMILES string of the molecule is CCCCCCCCCn1c(=O)c2c(nc3oc(-c4ccccc4)cn32)n(C)c1=O. The largest absolute Gasteiger partial charge is 0.423 e. The van der Waals surface area contributed by atoms with Crippen molar-refractivity contribution in [1.82, 2.24) is 18.5 Å². The van der Waals surface area contributed by atoms with Crippen LogP contribution in [0.25, 0.3) is 28.3 Å². The van der Waals surface area contributed by atoms with Gasteiger partial charge in [0, 0.05) is 19.2 Å². The number of rotatable bonds is 9. The smallest absolute Gasteiger partial charge is 0.332 e. The minimum Gasteiger partial charge on any atom is -0.423 e. The third-order valence-corrected chi connectivity index (χ3v) is 5.63. The lowest BCUT2D eigenvalue weighted by atomic mass is 10.1. The van der Waals surface area contributed by atoms with Crippen LogP contribution in [0.1, 0.15) is 51.9 Å². The highest BCUT2D eigenvalue weighted by atomic mass is 16.4. The van der Waals surface area contributed by atoms with Crippen LogP contribution in [0.15, 0.2) is 50.5 Å². The van der Waals surface area contributed by atoms with E-state index >= 15 is 0 Å². The first-order valence-corrected chi connectivity index (χ1v) is 10.8. The molecule has 0 aliphatic carbocycles. The number of unbranched alkanes of at least 4 members (excludes halogenated alkanes) is 6. The van der Waals surface area contributed by atoms with Crippen molar-refractivity contribution in [3.05, 3.63) is 57.4 Å². The molecule has 7 heteroatoms. The van der Waals surface area contributed by atoms with Gasteiger partial charge in [0.1, 0.15) is 0 Å². The van der Waals surface area contributed by atoms with Crippen molar-refractivity contribution in [2.45, 2.75) is 58.4 Å². The second-order valence-electron chi connectivity index (χ2n) is 7.82. The summed E-state index contributed by atoms with van der Waals surface area (Å²) in [6.45, 7) is 2.63. The predicted octanol–water partition coefficient (Wildman–Crippen LogP) is 4.36. The summed E-state index contributed by atoms with van der Waals surface area (Å²) in [5.74, 6) is 0.941. The summed E-state index contributed by atoms with van der Waals surface area (Å²) in [5.41, 5.74) is 0.985. The molecule has 3 heterocycles. The van der Waals surface area contributed by atoms with Gasteiger partial charge in [0.2, 0.25) is 0 Å². The molecule has 0 fully saturated rings. The number of fused-ring (bicyclic) bond motifs is 3. The predicted molar refractivity (Wildman–Crippen MR) is 118 cm³/mol. The van der Waals surface area contributed by atoms with Gasteiger partial charge in [0.25, 0.3) is 5.56 Å². The Hall–Kier alpha value is -3.09. The average molecular weight is 409 g/mol. The summed E-state index contributed by atoms with van der Waals surface area (Å²) in [4.78, 5) is 30.3. The highest BCUT2D eigenvalue weighted by molar-refractivity contribution is 5.76. The van der Waals surface area contributed by atoms with Crippen LogP contribution in [-0.4, -0.2) is 18.5 Å². The van der Waals surface area contributed by atoms with Crippen LogP contribution in [0.4, 0.5) is 0 Å². The third kappa shape index (κ3) is 3.72. The van der Waals surface area contributed by atoms with Crippen molar-refractivity contribution in [2.24, 2.45) is 7.05 Å². The van der Waals surface area contributed by atoms with Gasteiger partial charge >= 0.3 is 11.5 Å². The monoisotopic (exact) mass is 408 g/mol. The van der Waals surface area contributed by atoms with Crippen molar-refractivity contribution >= 4 is 17.0 Å². The third-order valence-electron chi connectivity index (χ3n) is 5.63. The van der Waals surface area contributed by atoms with Crippen LogP contribution in [0, 0.1) is 0 Å². The van der Waals surface area contributed by atoms with Crippen LogP contribution in [0.5, 0.6) is 0 Å². The zero-order valence-corrected chi connectivity index (χ0v) is 17.6. The highest BCUT2D eigenvalue weighted by Crippen LogP contribution is 2.24. The lowest BCUT2D eigenvalue weighted by Crippen LogP contribution is -2.39. The zero-order valence-electron chi connectivity index (χ0n) is 17.6. The van der Waals surface area contributed by atoms with E-state index < -0.39 is 0 Å². The second-order valence-corrected chi connectivity index (χ2v) is 7.82. The van der Waals surface area contributed by atoms with Crippen molar-refractivity contribution < 1.29 is 4.42 Å². The Labute approximate surface area is 174 Å². The van der Waals surface area contributed by atoms with Crippen molar-refractivity contribution in [2.75, 3.05) is 0 Å². The second kappa shape index (κ2) is 8.73. The Morgan fingerprint density at radius 2 is 1.67 bits per heavy atom. The molecule has 0 atom stereocenters. The lowest BCUT2D eigenvalue weighted by molar-refractivity contribution is 0.522. The molecule has 0 radical (unpaired) electrons. The minimum absolute atomic E-state index is 0.310. The van der Waals surface area contributed by atoms with Gasteiger partial charge in [-0.2, -0.15) is 4.98 Å². The highest BCUT2D eigenvalue weighted by Gasteiger charge is 2.19. The average Bonchev–Trinajstić information content (AvgIpc) is 3.32. The lowest BCUT2D eigenvalue weighted by Gasteiger charge is -2.08. The summed E-state index contributed by atoms with van der Waals surface area (Å²) >= 11 is 0. The first-order valence-electron chi connectivity index (χ1n) is 10.8. The number of hydrogen-bond acceptors (Lipinski definition) is 4. The summed E-state index contributed by atoms with van der Waals surface area (Å²) in [6, 6.07) is 9.67. The van der Waals surface area contributed by atoms with E-state index in [1.54, 1.807) is 17.6 Å². The van der Waals surface area contributed by atoms with Crippen LogP contribution in [-0.2, 0) is 13.6 Å². The molecule has 0 unspecified atom stereocenters. The molecule has 0 aliphatic rings. The van der Waals surface area contributed by atoms with Gasteiger partial charge in [-0.25, -0.2) is 4.79 Å². The standard InChI is InChI=1S/C23H28N4O3/c1-3-4-5-6-7-8-12-15-26-21(28)19-20(25(2)23(26)29)24-22-27(19)16-18(30-22)17-13-10-9-11-14-17/h9-11,13-14,16H,3-8,12,15H2,1-2H3. The van der Waals surface area contributed by atoms with E-state index in [2.05, 4.69) is 11.9 Å². The Bertz CT molecular complexity index is 1260. The van der Waals surface area contributed by atoms with E-state index in [1.165, 1.54) is 34.8 Å². The molecule has 0 amide bonds. The van der Waals surface area contributed by atoms with E-state index in [-0.39, 0.29) is 11.2 Å². The molecular formula is C23H28N4O3. The summed E-state index contributed by atoms with van der Waals surface area (Å²) in [7, 11) is 1.65. The molecule has 0 N–H and O–H groups in total. The molecule has 30 heavy (non-hydrogen) atoms. The van der Waals surface area contributed by atoms with E-state index in [0.717, 1.165) is 24.8 Å². The van der Waals surface area contributed by atoms with Gasteiger partial charge in [-0.3, -0.25) is 18.3 Å². The molecule has 4 rings (SSSR count). The van der Waals surface area contributed by atoms with E-state index in [9.17, 15) is 9.59 Å². The van der Waals surface area contributed by atoms with E-state index in [0.29, 0.717) is 29.3 Å². The Morgan fingerprint density at radius 1 is 0.967 bits per heavy atom. The number of nitrogens with zero attached hydrogens (tertiary/aromatic N) is 4. The molecule has 0 bridgehead atoms. The molecule has 1 aromatic carbocycles. The summed E-state index contributed by atoms with van der Waals surface area (Å²) in [6.07, 6.45) is 9.69. The van der Waals surface area contributed by atoms with Crippen molar-refractivity contribution in [3.8, 4) is 11.3 Å². The number of oxazole rings is 1. The summed E-state index contributed by atoms with van der Waals surface area (Å²) in [5, 5.41) is 0. The fourth-order valence-corrected chi connectivity index (χ4v) is 3.91. The fraction of sp³-hybridized carbons (Fsp3) is 0.435. The molecule has 4 aromatic rings. The molecule has 0 saturated heterocycles. The van der Waals surface area contributed by atoms with E-state index in [4.69, 9.17) is 4.42 Å². The topological polar surface area (TPSA) is 74.4 Å². The van der Waals surface area contributed by atoms with Crippen molar-refractivity contribution in [1.29, 1.82) is 0 Å². The molecule has 3 aromatic heterocycles. The molecule has 0 spiro atoms. The maximum Gasteiger partial charge on any atom is 0.332 e. The zero-order chi connectivity index (χ0) is 21.1. The minimum atomic E-state index is -0.331. The molecule has 0 saturated carbocycles. The fourth-order valence-electron chi connectivity index (χ4n) is 3.91. The maximum atomic E-state index is 13.2. The number of hydrogen-bond donors (Lipinski definition) is 0. The normalized spacial score (nSPS) is 11.7. The number of aryl methyl sites for hydroxylation is 1. The summed E-state index contributed by atoms with van der Waals surface area (Å²) < 4.78 is 10.3. The van der Waals surface area contributed by atoms with E-state index in [1.807, 2.05) is 30.3 Å². The Kier molecular flexibility index (Phi) is 5.88. The van der Waals surface area contributed by atoms with Gasteiger partial charge in [0.05, 0.1) is 6.20 Å². The first kappa shape index (κ1) is 20.2.